The van der Waals surface area contributed by atoms with Gasteiger partial charge in [0.25, 0.3) is 5.91 Å². The van der Waals surface area contributed by atoms with Crippen LogP contribution in [0.1, 0.15) is 22.3 Å². The summed E-state index contributed by atoms with van der Waals surface area (Å²) in [5, 5.41) is 2.79. The van der Waals surface area contributed by atoms with Gasteiger partial charge in [-0.3, -0.25) is 9.10 Å². The van der Waals surface area contributed by atoms with E-state index in [1.165, 1.54) is 32.3 Å². The van der Waals surface area contributed by atoms with Crippen LogP contribution in [0.2, 0.25) is 0 Å². The fraction of sp³-hybridized carbons (Fsp3) is 0.350. The summed E-state index contributed by atoms with van der Waals surface area (Å²) in [5.74, 6) is -0.857. The highest BCUT2D eigenvalue weighted by atomic mass is 32.2. The lowest BCUT2D eigenvalue weighted by Gasteiger charge is -2.27. The quantitative estimate of drug-likeness (QED) is 0.595. The number of hydrogen-bond donors (Lipinski definition) is 1. The van der Waals surface area contributed by atoms with E-state index in [1.807, 2.05) is 0 Å². The van der Waals surface area contributed by atoms with Crippen LogP contribution in [0, 0.1) is 5.82 Å². The van der Waals surface area contributed by atoms with Gasteiger partial charge in [0, 0.05) is 39.9 Å². The average Bonchev–Trinajstić information content (AvgIpc) is 2.70. The molecule has 0 atom stereocenters. The molecule has 0 saturated carbocycles. The Morgan fingerprint density at radius 1 is 1.10 bits per heavy atom. The first-order valence-electron chi connectivity index (χ1n) is 9.08. The highest BCUT2D eigenvalue weighted by Crippen LogP contribution is 2.25. The maximum atomic E-state index is 14.3. The zero-order chi connectivity index (χ0) is 21.4. The van der Waals surface area contributed by atoms with Gasteiger partial charge in [-0.05, 0) is 36.2 Å². The van der Waals surface area contributed by atoms with Crippen molar-refractivity contribution < 1.29 is 22.3 Å². The number of anilines is 1. The first kappa shape index (κ1) is 22.8. The van der Waals surface area contributed by atoms with Crippen molar-refractivity contribution >= 4 is 21.8 Å². The third-order valence-corrected chi connectivity index (χ3v) is 6.02. The minimum absolute atomic E-state index is 0.0406. The number of carbonyl (C=O) groups excluding carboxylic acids is 1. The van der Waals surface area contributed by atoms with Gasteiger partial charge in [-0.1, -0.05) is 24.3 Å². The van der Waals surface area contributed by atoms with Crippen LogP contribution in [0.15, 0.2) is 48.5 Å². The van der Waals surface area contributed by atoms with E-state index in [0.717, 1.165) is 8.61 Å². The van der Waals surface area contributed by atoms with Crippen molar-refractivity contribution in [3.63, 3.8) is 0 Å². The van der Waals surface area contributed by atoms with Crippen LogP contribution in [-0.2, 0) is 21.5 Å². The van der Waals surface area contributed by atoms with E-state index < -0.39 is 16.0 Å². The summed E-state index contributed by atoms with van der Waals surface area (Å²) >= 11 is 0. The summed E-state index contributed by atoms with van der Waals surface area (Å²) < 4.78 is 46.8. The van der Waals surface area contributed by atoms with E-state index in [1.54, 1.807) is 37.4 Å². The van der Waals surface area contributed by atoms with E-state index in [2.05, 4.69) is 5.32 Å². The molecule has 0 aromatic heterocycles. The molecule has 0 spiro atoms. The first-order valence-corrected chi connectivity index (χ1v) is 10.5. The molecule has 2 aromatic carbocycles. The fourth-order valence-electron chi connectivity index (χ4n) is 2.59. The number of methoxy groups -OCH3 is 1. The first-order chi connectivity index (χ1) is 13.8. The van der Waals surface area contributed by atoms with Gasteiger partial charge in [0.15, 0.2) is 0 Å². The second-order valence-corrected chi connectivity index (χ2v) is 8.61. The summed E-state index contributed by atoms with van der Waals surface area (Å²) in [6, 6.07) is 12.2. The van der Waals surface area contributed by atoms with Gasteiger partial charge < -0.3 is 10.1 Å². The molecule has 0 radical (unpaired) electrons. The topological polar surface area (TPSA) is 79.0 Å². The van der Waals surface area contributed by atoms with Gasteiger partial charge in [-0.25, -0.2) is 4.39 Å². The molecule has 1 N–H and O–H groups in total. The third-order valence-electron chi connectivity index (χ3n) is 4.21. The van der Waals surface area contributed by atoms with Crippen molar-refractivity contribution in [3.8, 4) is 0 Å². The summed E-state index contributed by atoms with van der Waals surface area (Å²) in [6.45, 7) is 0.985. The molecule has 0 aliphatic carbocycles. The number of para-hydroxylation sites is 1. The Kier molecular flexibility index (Phi) is 8.12. The summed E-state index contributed by atoms with van der Waals surface area (Å²) in [6.07, 6.45) is 0.709. The molecule has 0 aliphatic rings. The number of ether oxygens (including phenoxy) is 1. The number of halogens is 1. The number of carbonyl (C=O) groups is 1. The SMILES string of the molecule is COCCCNC(=O)c1ccc(CN(c2ccccc2F)S(=O)(=O)N(C)C)cc1. The van der Waals surface area contributed by atoms with Gasteiger partial charge in [0.2, 0.25) is 0 Å². The number of nitrogens with zero attached hydrogens (tertiary/aromatic N) is 2. The fourth-order valence-corrected chi connectivity index (χ4v) is 3.69. The normalized spacial score (nSPS) is 11.5. The summed E-state index contributed by atoms with van der Waals surface area (Å²) in [5.41, 5.74) is 1.04. The van der Waals surface area contributed by atoms with Crippen molar-refractivity contribution in [3.05, 3.63) is 65.5 Å². The Hall–Kier alpha value is -2.49. The van der Waals surface area contributed by atoms with E-state index in [0.29, 0.717) is 30.7 Å². The van der Waals surface area contributed by atoms with E-state index in [9.17, 15) is 17.6 Å². The molecule has 0 aliphatic heterocycles. The van der Waals surface area contributed by atoms with Crippen molar-refractivity contribution in [1.82, 2.24) is 9.62 Å². The molecule has 2 rings (SSSR count). The van der Waals surface area contributed by atoms with Crippen molar-refractivity contribution in [1.29, 1.82) is 0 Å². The summed E-state index contributed by atoms with van der Waals surface area (Å²) in [7, 11) is 0.456. The number of benzene rings is 2. The zero-order valence-electron chi connectivity index (χ0n) is 16.8. The molecule has 0 unspecified atom stereocenters. The molecule has 29 heavy (non-hydrogen) atoms. The molecule has 7 nitrogen and oxygen atoms in total. The lowest BCUT2D eigenvalue weighted by atomic mass is 10.1. The van der Waals surface area contributed by atoms with Gasteiger partial charge >= 0.3 is 10.2 Å². The zero-order valence-corrected chi connectivity index (χ0v) is 17.6. The Morgan fingerprint density at radius 3 is 2.34 bits per heavy atom. The van der Waals surface area contributed by atoms with Crippen LogP contribution in [-0.4, -0.2) is 53.0 Å². The van der Waals surface area contributed by atoms with Gasteiger partial charge in [0.1, 0.15) is 5.82 Å². The number of nitrogens with one attached hydrogen (secondary N) is 1. The predicted octanol–water partition coefficient (Wildman–Crippen LogP) is 2.41. The lowest BCUT2D eigenvalue weighted by molar-refractivity contribution is 0.0948. The molecule has 0 fully saturated rings. The van der Waals surface area contributed by atoms with Crippen LogP contribution < -0.4 is 9.62 Å². The molecular weight excluding hydrogens is 397 g/mol. The van der Waals surface area contributed by atoms with Gasteiger partial charge in [-0.2, -0.15) is 12.7 Å². The number of hydrogen-bond acceptors (Lipinski definition) is 4. The molecule has 1 amide bonds. The Bertz CT molecular complexity index is 918. The lowest BCUT2D eigenvalue weighted by Crippen LogP contribution is -2.40. The van der Waals surface area contributed by atoms with Crippen molar-refractivity contribution in [2.75, 3.05) is 38.7 Å². The molecular formula is C20H26FN3O4S. The maximum absolute atomic E-state index is 14.3. The minimum Gasteiger partial charge on any atom is -0.385 e. The van der Waals surface area contributed by atoms with E-state index in [4.69, 9.17) is 4.74 Å². The van der Waals surface area contributed by atoms with Gasteiger partial charge in [0.05, 0.1) is 12.2 Å². The second-order valence-electron chi connectivity index (χ2n) is 6.55. The van der Waals surface area contributed by atoms with Crippen LogP contribution in [0.3, 0.4) is 0 Å². The molecule has 0 bridgehead atoms. The van der Waals surface area contributed by atoms with Crippen LogP contribution >= 0.6 is 0 Å². The average molecular weight is 424 g/mol. The van der Waals surface area contributed by atoms with Crippen molar-refractivity contribution in [2.45, 2.75) is 13.0 Å². The predicted molar refractivity (Wildman–Crippen MR) is 110 cm³/mol. The Morgan fingerprint density at radius 2 is 1.76 bits per heavy atom. The molecule has 0 saturated heterocycles. The molecule has 158 valence electrons. The highest BCUT2D eigenvalue weighted by molar-refractivity contribution is 7.90. The molecule has 0 heterocycles. The standard InChI is InChI=1S/C20H26FN3O4S/c1-23(2)29(26,27)24(19-8-5-4-7-18(19)21)15-16-9-11-17(12-10-16)20(25)22-13-6-14-28-3/h4-5,7-12H,6,13-15H2,1-3H3,(H,22,25). The number of rotatable bonds is 10. The van der Waals surface area contributed by atoms with Crippen LogP contribution in [0.25, 0.3) is 0 Å². The van der Waals surface area contributed by atoms with Crippen LogP contribution in [0.4, 0.5) is 10.1 Å². The molecule has 2 aromatic rings. The highest BCUT2D eigenvalue weighted by Gasteiger charge is 2.27. The molecule has 9 heteroatoms. The summed E-state index contributed by atoms with van der Waals surface area (Å²) in [4.78, 5) is 12.1. The van der Waals surface area contributed by atoms with Gasteiger partial charge in [-0.15, -0.1) is 0 Å². The minimum atomic E-state index is -3.92. The van der Waals surface area contributed by atoms with E-state index >= 15 is 0 Å². The maximum Gasteiger partial charge on any atom is 0.303 e. The number of amides is 1. The second kappa shape index (κ2) is 10.3. The largest absolute Gasteiger partial charge is 0.385 e. The smallest absolute Gasteiger partial charge is 0.303 e. The Balaban J connectivity index is 2.20. The van der Waals surface area contributed by atoms with Crippen LogP contribution in [0.5, 0.6) is 0 Å². The van der Waals surface area contributed by atoms with Crippen molar-refractivity contribution in [2.24, 2.45) is 0 Å². The Labute approximate surface area is 171 Å². The third kappa shape index (κ3) is 5.99. The van der Waals surface area contributed by atoms with E-state index in [-0.39, 0.29) is 18.1 Å². The monoisotopic (exact) mass is 423 g/mol.